The first kappa shape index (κ1) is 15.1. The molecule has 0 saturated carbocycles. The number of ether oxygens (including phenoxy) is 1. The lowest BCUT2D eigenvalue weighted by Gasteiger charge is -2.10. The van der Waals surface area contributed by atoms with Gasteiger partial charge in [0.05, 0.1) is 6.61 Å². The summed E-state index contributed by atoms with van der Waals surface area (Å²) in [6.45, 7) is 0.219. The third-order valence-electron chi connectivity index (χ3n) is 2.73. The third-order valence-corrected chi connectivity index (χ3v) is 4.05. The van der Waals surface area contributed by atoms with Crippen molar-refractivity contribution in [3.05, 3.63) is 59.9 Å². The molecule has 0 spiro atoms. The normalized spacial score (nSPS) is 11.1. The highest BCUT2D eigenvalue weighted by atomic mass is 32.2. The Morgan fingerprint density at radius 3 is 2.67 bits per heavy atom. The molecule has 1 aromatic heterocycles. The van der Waals surface area contributed by atoms with Gasteiger partial charge in [0.25, 0.3) is 15.9 Å². The monoisotopic (exact) mass is 306 g/mol. The van der Waals surface area contributed by atoms with Crippen LogP contribution in [0.25, 0.3) is 0 Å². The molecule has 0 aliphatic heterocycles. The standard InChI is InChI=1S/C14H14N2O4S/c1-20-10-11-5-2-3-7-13(11)14(17)16-21(18,19)12-6-4-8-15-9-12/h2-9H,10H2,1H3,(H,16,17). The molecule has 0 aliphatic carbocycles. The van der Waals surface area contributed by atoms with Crippen LogP contribution in [0.2, 0.25) is 0 Å². The van der Waals surface area contributed by atoms with Gasteiger partial charge in [0.1, 0.15) is 4.90 Å². The highest BCUT2D eigenvalue weighted by Crippen LogP contribution is 2.12. The van der Waals surface area contributed by atoms with Crippen LogP contribution < -0.4 is 4.72 Å². The molecule has 0 radical (unpaired) electrons. The van der Waals surface area contributed by atoms with Gasteiger partial charge < -0.3 is 4.74 Å². The average Bonchev–Trinajstić information content (AvgIpc) is 2.48. The van der Waals surface area contributed by atoms with Gasteiger partial charge in [0.15, 0.2) is 0 Å². The molecule has 6 nitrogen and oxygen atoms in total. The highest BCUT2D eigenvalue weighted by molar-refractivity contribution is 7.90. The van der Waals surface area contributed by atoms with E-state index >= 15 is 0 Å². The zero-order valence-corrected chi connectivity index (χ0v) is 12.1. The molecule has 1 heterocycles. The largest absolute Gasteiger partial charge is 0.380 e. The molecule has 21 heavy (non-hydrogen) atoms. The van der Waals surface area contributed by atoms with Crippen molar-refractivity contribution in [3.63, 3.8) is 0 Å². The number of hydrogen-bond acceptors (Lipinski definition) is 5. The summed E-state index contributed by atoms with van der Waals surface area (Å²) in [4.78, 5) is 15.8. The number of carbonyl (C=O) groups excluding carboxylic acids is 1. The number of sulfonamides is 1. The first-order valence-electron chi connectivity index (χ1n) is 6.08. The smallest absolute Gasteiger partial charge is 0.265 e. The van der Waals surface area contributed by atoms with Crippen molar-refractivity contribution in [3.8, 4) is 0 Å². The Kier molecular flexibility index (Phi) is 4.66. The summed E-state index contributed by atoms with van der Waals surface area (Å²) in [6.07, 6.45) is 2.63. The quantitative estimate of drug-likeness (QED) is 0.901. The second-order valence-electron chi connectivity index (χ2n) is 4.21. The number of nitrogens with one attached hydrogen (secondary N) is 1. The Morgan fingerprint density at radius 1 is 1.24 bits per heavy atom. The molecule has 2 aromatic rings. The van der Waals surface area contributed by atoms with Crippen molar-refractivity contribution in [2.75, 3.05) is 7.11 Å². The van der Waals surface area contributed by atoms with Gasteiger partial charge in [-0.15, -0.1) is 0 Å². The molecule has 0 unspecified atom stereocenters. The van der Waals surface area contributed by atoms with Gasteiger partial charge in [-0.2, -0.15) is 0 Å². The van der Waals surface area contributed by atoms with Crippen LogP contribution in [0.4, 0.5) is 0 Å². The topological polar surface area (TPSA) is 85.4 Å². The maximum absolute atomic E-state index is 12.2. The number of nitrogens with zero attached hydrogens (tertiary/aromatic N) is 1. The number of carbonyl (C=O) groups is 1. The number of benzene rings is 1. The van der Waals surface area contributed by atoms with Crippen LogP contribution in [-0.2, 0) is 21.4 Å². The Labute approximate surface area is 122 Å². The van der Waals surface area contributed by atoms with Crippen molar-refractivity contribution >= 4 is 15.9 Å². The van der Waals surface area contributed by atoms with Gasteiger partial charge in [-0.3, -0.25) is 9.78 Å². The van der Waals surface area contributed by atoms with Crippen LogP contribution in [0.5, 0.6) is 0 Å². The Morgan fingerprint density at radius 2 is 2.00 bits per heavy atom. The molecule has 2 rings (SSSR count). The maximum Gasteiger partial charge on any atom is 0.265 e. The molecular weight excluding hydrogens is 292 g/mol. The fraction of sp³-hybridized carbons (Fsp3) is 0.143. The van der Waals surface area contributed by atoms with Crippen molar-refractivity contribution < 1.29 is 17.9 Å². The molecule has 0 fully saturated rings. The van der Waals surface area contributed by atoms with Crippen LogP contribution in [0.3, 0.4) is 0 Å². The number of rotatable bonds is 5. The van der Waals surface area contributed by atoms with Crippen LogP contribution in [0.15, 0.2) is 53.7 Å². The van der Waals surface area contributed by atoms with Crippen LogP contribution in [-0.4, -0.2) is 26.4 Å². The van der Waals surface area contributed by atoms with E-state index < -0.39 is 15.9 Å². The zero-order chi connectivity index (χ0) is 15.3. The van der Waals surface area contributed by atoms with Gasteiger partial charge >= 0.3 is 0 Å². The first-order chi connectivity index (χ1) is 10.0. The fourth-order valence-corrected chi connectivity index (χ4v) is 2.69. The number of hydrogen-bond donors (Lipinski definition) is 1. The second-order valence-corrected chi connectivity index (χ2v) is 5.90. The molecule has 0 bridgehead atoms. The Balaban J connectivity index is 2.26. The number of aromatic nitrogens is 1. The third kappa shape index (κ3) is 3.65. The van der Waals surface area contributed by atoms with Gasteiger partial charge in [-0.1, -0.05) is 18.2 Å². The molecule has 0 atom stereocenters. The van der Waals surface area contributed by atoms with Gasteiger partial charge in [-0.25, -0.2) is 13.1 Å². The lowest BCUT2D eigenvalue weighted by Crippen LogP contribution is -2.31. The Hall–Kier alpha value is -2.25. The van der Waals surface area contributed by atoms with Crippen LogP contribution >= 0.6 is 0 Å². The first-order valence-corrected chi connectivity index (χ1v) is 7.57. The van der Waals surface area contributed by atoms with Crippen molar-refractivity contribution in [1.82, 2.24) is 9.71 Å². The van der Waals surface area contributed by atoms with E-state index in [4.69, 9.17) is 4.74 Å². The number of methoxy groups -OCH3 is 1. The maximum atomic E-state index is 12.2. The molecular formula is C14H14N2O4S. The van der Waals surface area contributed by atoms with E-state index in [0.717, 1.165) is 0 Å². The molecule has 0 aliphatic rings. The summed E-state index contributed by atoms with van der Waals surface area (Å²) in [6, 6.07) is 9.50. The summed E-state index contributed by atoms with van der Waals surface area (Å²) < 4.78 is 31.2. The van der Waals surface area contributed by atoms with E-state index in [0.29, 0.717) is 5.56 Å². The predicted octanol–water partition coefficient (Wildman–Crippen LogP) is 1.35. The van der Waals surface area contributed by atoms with E-state index in [1.807, 2.05) is 4.72 Å². The zero-order valence-electron chi connectivity index (χ0n) is 11.3. The van der Waals surface area contributed by atoms with E-state index in [-0.39, 0.29) is 17.1 Å². The second kappa shape index (κ2) is 6.47. The molecule has 1 amide bonds. The lowest BCUT2D eigenvalue weighted by molar-refractivity contribution is 0.0976. The molecule has 110 valence electrons. The minimum Gasteiger partial charge on any atom is -0.380 e. The predicted molar refractivity (Wildman–Crippen MR) is 76.0 cm³/mol. The summed E-state index contributed by atoms with van der Waals surface area (Å²) in [7, 11) is -2.44. The van der Waals surface area contributed by atoms with E-state index in [1.165, 1.54) is 31.6 Å². The lowest BCUT2D eigenvalue weighted by atomic mass is 10.1. The summed E-state index contributed by atoms with van der Waals surface area (Å²) in [5.74, 6) is -0.702. The molecule has 7 heteroatoms. The molecule has 0 saturated heterocycles. The van der Waals surface area contributed by atoms with E-state index in [2.05, 4.69) is 4.98 Å². The minimum absolute atomic E-state index is 0.0671. The van der Waals surface area contributed by atoms with Crippen molar-refractivity contribution in [2.45, 2.75) is 11.5 Å². The molecule has 1 N–H and O–H groups in total. The Bertz CT molecular complexity index is 730. The fourth-order valence-electron chi connectivity index (χ4n) is 1.77. The summed E-state index contributed by atoms with van der Waals surface area (Å²) >= 11 is 0. The van der Waals surface area contributed by atoms with Gasteiger partial charge in [0.2, 0.25) is 0 Å². The van der Waals surface area contributed by atoms with Crippen molar-refractivity contribution in [2.24, 2.45) is 0 Å². The molecule has 1 aromatic carbocycles. The van der Waals surface area contributed by atoms with Gasteiger partial charge in [0, 0.05) is 25.1 Å². The van der Waals surface area contributed by atoms with E-state index in [1.54, 1.807) is 24.3 Å². The minimum atomic E-state index is -3.94. The average molecular weight is 306 g/mol. The summed E-state index contributed by atoms with van der Waals surface area (Å²) in [5.41, 5.74) is 0.866. The number of pyridine rings is 1. The summed E-state index contributed by atoms with van der Waals surface area (Å²) in [5, 5.41) is 0. The van der Waals surface area contributed by atoms with Crippen molar-refractivity contribution in [1.29, 1.82) is 0 Å². The number of amides is 1. The van der Waals surface area contributed by atoms with E-state index in [9.17, 15) is 13.2 Å². The SMILES string of the molecule is COCc1ccccc1C(=O)NS(=O)(=O)c1cccnc1. The highest BCUT2D eigenvalue weighted by Gasteiger charge is 2.20. The van der Waals surface area contributed by atoms with Gasteiger partial charge in [-0.05, 0) is 23.8 Å². The van der Waals surface area contributed by atoms with Crippen LogP contribution in [0, 0.1) is 0 Å². The van der Waals surface area contributed by atoms with Crippen LogP contribution in [0.1, 0.15) is 15.9 Å².